The molecule has 4 heteroatoms. The van der Waals surface area contributed by atoms with Crippen LogP contribution in [0.2, 0.25) is 0 Å². The molecule has 0 bridgehead atoms. The van der Waals surface area contributed by atoms with Gasteiger partial charge in [0.1, 0.15) is 5.75 Å². The lowest BCUT2D eigenvalue weighted by atomic mass is 10.3. The summed E-state index contributed by atoms with van der Waals surface area (Å²) >= 11 is 0. The van der Waals surface area contributed by atoms with Gasteiger partial charge in [0.25, 0.3) is 0 Å². The van der Waals surface area contributed by atoms with Crippen LogP contribution in [0.1, 0.15) is 19.3 Å². The Kier molecular flexibility index (Phi) is 3.98. The van der Waals surface area contributed by atoms with E-state index in [1.54, 1.807) is 7.11 Å². The van der Waals surface area contributed by atoms with E-state index in [2.05, 4.69) is 10.6 Å². The van der Waals surface area contributed by atoms with Crippen LogP contribution in [0.5, 0.6) is 5.75 Å². The Morgan fingerprint density at radius 1 is 1.47 bits per heavy atom. The predicted molar refractivity (Wildman–Crippen MR) is 67.3 cm³/mol. The minimum absolute atomic E-state index is 0.0337. The highest BCUT2D eigenvalue weighted by molar-refractivity contribution is 5.90. The molecule has 1 fully saturated rings. The summed E-state index contributed by atoms with van der Waals surface area (Å²) in [7, 11) is 1.61. The van der Waals surface area contributed by atoms with Crippen LogP contribution in [-0.4, -0.2) is 25.6 Å². The van der Waals surface area contributed by atoms with E-state index in [1.807, 2.05) is 24.3 Å². The number of carbonyl (C=O) groups excluding carboxylic acids is 1. The number of hydrogen-bond acceptors (Lipinski definition) is 3. The van der Waals surface area contributed by atoms with E-state index >= 15 is 0 Å². The Morgan fingerprint density at radius 3 is 3.00 bits per heavy atom. The largest absolute Gasteiger partial charge is 0.497 e. The molecule has 0 atom stereocenters. The number of hydrogen-bond donors (Lipinski definition) is 2. The smallest absolute Gasteiger partial charge is 0.225 e. The van der Waals surface area contributed by atoms with Gasteiger partial charge in [0.15, 0.2) is 0 Å². The molecule has 0 aliphatic heterocycles. The molecule has 0 aromatic heterocycles. The summed E-state index contributed by atoms with van der Waals surface area (Å²) in [5.74, 6) is 0.783. The van der Waals surface area contributed by atoms with Gasteiger partial charge in [-0.1, -0.05) is 6.07 Å². The first-order valence-corrected chi connectivity index (χ1v) is 5.95. The summed E-state index contributed by atoms with van der Waals surface area (Å²) in [6.45, 7) is 0.750. The normalized spacial score (nSPS) is 14.4. The molecule has 1 saturated carbocycles. The van der Waals surface area contributed by atoms with Gasteiger partial charge in [-0.15, -0.1) is 0 Å². The van der Waals surface area contributed by atoms with Gasteiger partial charge in [0.05, 0.1) is 7.11 Å². The van der Waals surface area contributed by atoms with Crippen molar-refractivity contribution in [2.45, 2.75) is 25.3 Å². The number of methoxy groups -OCH3 is 1. The van der Waals surface area contributed by atoms with Crippen molar-refractivity contribution >= 4 is 11.6 Å². The second-order valence-corrected chi connectivity index (χ2v) is 4.26. The van der Waals surface area contributed by atoms with Crippen molar-refractivity contribution < 1.29 is 9.53 Å². The summed E-state index contributed by atoms with van der Waals surface area (Å²) in [6.07, 6.45) is 3.00. The first-order valence-electron chi connectivity index (χ1n) is 5.95. The number of anilines is 1. The Balaban J connectivity index is 1.75. The molecule has 1 aromatic carbocycles. The zero-order valence-electron chi connectivity index (χ0n) is 10.0. The zero-order chi connectivity index (χ0) is 12.1. The van der Waals surface area contributed by atoms with E-state index in [0.717, 1.165) is 18.0 Å². The van der Waals surface area contributed by atoms with Crippen LogP contribution in [0.3, 0.4) is 0 Å². The molecule has 1 aromatic rings. The van der Waals surface area contributed by atoms with E-state index in [0.29, 0.717) is 12.5 Å². The van der Waals surface area contributed by atoms with Crippen molar-refractivity contribution in [2.24, 2.45) is 0 Å². The van der Waals surface area contributed by atoms with Crippen LogP contribution >= 0.6 is 0 Å². The van der Waals surface area contributed by atoms with Crippen molar-refractivity contribution in [2.75, 3.05) is 19.0 Å². The van der Waals surface area contributed by atoms with E-state index in [-0.39, 0.29) is 5.91 Å². The minimum atomic E-state index is 0.0337. The van der Waals surface area contributed by atoms with Crippen LogP contribution in [-0.2, 0) is 4.79 Å². The lowest BCUT2D eigenvalue weighted by molar-refractivity contribution is -0.116. The molecular weight excluding hydrogens is 216 g/mol. The number of ether oxygens (including phenoxy) is 1. The van der Waals surface area contributed by atoms with Crippen molar-refractivity contribution in [1.29, 1.82) is 0 Å². The molecule has 0 radical (unpaired) electrons. The van der Waals surface area contributed by atoms with Gasteiger partial charge in [-0.2, -0.15) is 0 Å². The number of nitrogens with one attached hydrogen (secondary N) is 2. The molecular formula is C13H18N2O2. The highest BCUT2D eigenvalue weighted by Gasteiger charge is 2.20. The van der Waals surface area contributed by atoms with E-state index < -0.39 is 0 Å². The summed E-state index contributed by atoms with van der Waals surface area (Å²) in [5.41, 5.74) is 0.778. The minimum Gasteiger partial charge on any atom is -0.497 e. The third-order valence-corrected chi connectivity index (χ3v) is 2.72. The molecule has 1 aliphatic carbocycles. The summed E-state index contributed by atoms with van der Waals surface area (Å²) in [4.78, 5) is 11.6. The molecule has 1 amide bonds. The van der Waals surface area contributed by atoms with E-state index in [9.17, 15) is 4.79 Å². The van der Waals surface area contributed by atoms with Gasteiger partial charge in [-0.25, -0.2) is 0 Å². The van der Waals surface area contributed by atoms with Gasteiger partial charge in [0.2, 0.25) is 5.91 Å². The lowest BCUT2D eigenvalue weighted by Crippen LogP contribution is -2.23. The quantitative estimate of drug-likeness (QED) is 0.788. The van der Waals surface area contributed by atoms with Crippen LogP contribution in [0, 0.1) is 0 Å². The lowest BCUT2D eigenvalue weighted by Gasteiger charge is -2.07. The van der Waals surface area contributed by atoms with Crippen molar-refractivity contribution in [1.82, 2.24) is 5.32 Å². The SMILES string of the molecule is COc1cccc(NC(=O)CCNC2CC2)c1. The van der Waals surface area contributed by atoms with Crippen molar-refractivity contribution in [3.05, 3.63) is 24.3 Å². The van der Waals surface area contributed by atoms with Crippen LogP contribution in [0.15, 0.2) is 24.3 Å². The Hall–Kier alpha value is -1.55. The monoisotopic (exact) mass is 234 g/mol. The standard InChI is InChI=1S/C13H18N2O2/c1-17-12-4-2-3-11(9-12)15-13(16)7-8-14-10-5-6-10/h2-4,9-10,14H,5-8H2,1H3,(H,15,16). The van der Waals surface area contributed by atoms with Gasteiger partial charge in [0, 0.05) is 30.8 Å². The molecule has 4 nitrogen and oxygen atoms in total. The predicted octanol–water partition coefficient (Wildman–Crippen LogP) is 1.78. The van der Waals surface area contributed by atoms with E-state index in [4.69, 9.17) is 4.74 Å². The molecule has 1 aliphatic rings. The fraction of sp³-hybridized carbons (Fsp3) is 0.462. The zero-order valence-corrected chi connectivity index (χ0v) is 10.0. The highest BCUT2D eigenvalue weighted by Crippen LogP contribution is 2.18. The van der Waals surface area contributed by atoms with Crippen LogP contribution < -0.4 is 15.4 Å². The first-order chi connectivity index (χ1) is 8.28. The molecule has 17 heavy (non-hydrogen) atoms. The van der Waals surface area contributed by atoms with Gasteiger partial charge in [-0.05, 0) is 25.0 Å². The topological polar surface area (TPSA) is 50.4 Å². The molecule has 0 spiro atoms. The van der Waals surface area contributed by atoms with Crippen LogP contribution in [0.25, 0.3) is 0 Å². The third-order valence-electron chi connectivity index (χ3n) is 2.72. The molecule has 2 N–H and O–H groups in total. The number of amides is 1. The molecule has 0 heterocycles. The maximum Gasteiger partial charge on any atom is 0.225 e. The Labute approximate surface area is 101 Å². The number of carbonyl (C=O) groups is 1. The Bertz CT molecular complexity index is 389. The fourth-order valence-corrected chi connectivity index (χ4v) is 1.60. The van der Waals surface area contributed by atoms with Crippen molar-refractivity contribution in [3.63, 3.8) is 0 Å². The molecule has 0 unspecified atom stereocenters. The highest BCUT2D eigenvalue weighted by atomic mass is 16.5. The van der Waals surface area contributed by atoms with E-state index in [1.165, 1.54) is 12.8 Å². The summed E-state index contributed by atoms with van der Waals surface area (Å²) in [6, 6.07) is 8.03. The van der Waals surface area contributed by atoms with Gasteiger partial charge < -0.3 is 15.4 Å². The second kappa shape index (κ2) is 5.68. The number of benzene rings is 1. The molecule has 92 valence electrons. The molecule has 2 rings (SSSR count). The van der Waals surface area contributed by atoms with Gasteiger partial charge in [-0.3, -0.25) is 4.79 Å². The maximum absolute atomic E-state index is 11.6. The maximum atomic E-state index is 11.6. The van der Waals surface area contributed by atoms with Gasteiger partial charge >= 0.3 is 0 Å². The van der Waals surface area contributed by atoms with Crippen molar-refractivity contribution in [3.8, 4) is 5.75 Å². The fourth-order valence-electron chi connectivity index (χ4n) is 1.60. The summed E-state index contributed by atoms with van der Waals surface area (Å²) in [5, 5.41) is 6.16. The Morgan fingerprint density at radius 2 is 2.29 bits per heavy atom. The number of rotatable bonds is 6. The summed E-state index contributed by atoms with van der Waals surface area (Å²) < 4.78 is 5.09. The average Bonchev–Trinajstić information content (AvgIpc) is 3.13. The third kappa shape index (κ3) is 4.07. The van der Waals surface area contributed by atoms with Crippen LogP contribution in [0.4, 0.5) is 5.69 Å². The average molecular weight is 234 g/mol. The second-order valence-electron chi connectivity index (χ2n) is 4.26. The molecule has 0 saturated heterocycles. The first kappa shape index (κ1) is 11.9.